The van der Waals surface area contributed by atoms with Crippen molar-refractivity contribution in [2.24, 2.45) is 22.7 Å². The molecular weight excluding hydrogens is 380 g/mol. The smallest absolute Gasteiger partial charge is 0.333 e. The second kappa shape index (κ2) is 10.3. The van der Waals surface area contributed by atoms with E-state index in [1.807, 2.05) is 6.92 Å². The Labute approximate surface area is 181 Å². The Morgan fingerprint density at radius 2 is 1.97 bits per heavy atom. The first-order chi connectivity index (χ1) is 14.2. The number of fused-ring (bicyclic) bond motifs is 1. The lowest BCUT2D eigenvalue weighted by Crippen LogP contribution is -2.58. The van der Waals surface area contributed by atoms with Gasteiger partial charge in [-0.2, -0.15) is 0 Å². The molecule has 3 N–H and O–H groups in total. The van der Waals surface area contributed by atoms with Crippen LogP contribution in [0.3, 0.4) is 0 Å². The van der Waals surface area contributed by atoms with Gasteiger partial charge in [0.2, 0.25) is 0 Å². The van der Waals surface area contributed by atoms with Gasteiger partial charge in [-0.05, 0) is 75.2 Å². The number of rotatable bonds is 8. The molecule has 5 atom stereocenters. The first kappa shape index (κ1) is 24.8. The van der Waals surface area contributed by atoms with Crippen LogP contribution in [0.25, 0.3) is 0 Å². The summed E-state index contributed by atoms with van der Waals surface area (Å²) in [6, 6.07) is 0. The molecule has 0 spiro atoms. The fourth-order valence-corrected chi connectivity index (χ4v) is 5.95. The second-order valence-electron chi connectivity index (χ2n) is 9.62. The lowest BCUT2D eigenvalue weighted by atomic mass is 9.46. The molecule has 30 heavy (non-hydrogen) atoms. The number of ether oxygens (including phenoxy) is 1. The maximum Gasteiger partial charge on any atom is 0.333 e. The lowest BCUT2D eigenvalue weighted by Gasteiger charge is -2.60. The Morgan fingerprint density at radius 1 is 1.27 bits per heavy atom. The van der Waals surface area contributed by atoms with Gasteiger partial charge in [0.1, 0.15) is 6.10 Å². The van der Waals surface area contributed by atoms with Crippen LogP contribution < -0.4 is 0 Å². The molecule has 2 aliphatic rings. The Kier molecular flexibility index (Phi) is 8.49. The summed E-state index contributed by atoms with van der Waals surface area (Å²) in [5.74, 6) is 0.177. The van der Waals surface area contributed by atoms with Crippen molar-refractivity contribution in [2.75, 3.05) is 19.8 Å². The van der Waals surface area contributed by atoms with Crippen molar-refractivity contribution in [3.63, 3.8) is 0 Å². The summed E-state index contributed by atoms with van der Waals surface area (Å²) in [6.45, 7) is 12.2. The van der Waals surface area contributed by atoms with E-state index in [1.54, 1.807) is 19.1 Å². The molecule has 0 saturated heterocycles. The van der Waals surface area contributed by atoms with Gasteiger partial charge in [-0.25, -0.2) is 4.79 Å². The number of carbonyl (C=O) groups excluding carboxylic acids is 1. The van der Waals surface area contributed by atoms with Crippen LogP contribution in [0.5, 0.6) is 0 Å². The van der Waals surface area contributed by atoms with Crippen LogP contribution in [0.1, 0.15) is 66.2 Å². The van der Waals surface area contributed by atoms with Crippen molar-refractivity contribution in [3.05, 3.63) is 35.5 Å². The maximum absolute atomic E-state index is 12.4. The second-order valence-corrected chi connectivity index (χ2v) is 9.62. The van der Waals surface area contributed by atoms with Crippen LogP contribution in [0.15, 0.2) is 35.5 Å². The van der Waals surface area contributed by atoms with Gasteiger partial charge < -0.3 is 20.1 Å². The molecule has 0 aromatic rings. The van der Waals surface area contributed by atoms with Crippen molar-refractivity contribution < 1.29 is 24.9 Å². The molecule has 0 aliphatic heterocycles. The first-order valence-electron chi connectivity index (χ1n) is 11.2. The van der Waals surface area contributed by atoms with Gasteiger partial charge in [0, 0.05) is 11.0 Å². The summed E-state index contributed by atoms with van der Waals surface area (Å²) in [4.78, 5) is 12.4. The SMILES string of the molecule is C=C1CCC2C(C)(CO)C(OC(=O)C(C)=CC)CCC2(C)C1CCC(=CCO)CO. The summed E-state index contributed by atoms with van der Waals surface area (Å²) in [6.07, 6.45) is 8.16. The van der Waals surface area contributed by atoms with Crippen molar-refractivity contribution in [3.8, 4) is 0 Å². The number of hydrogen-bond donors (Lipinski definition) is 3. The highest BCUT2D eigenvalue weighted by molar-refractivity contribution is 5.87. The monoisotopic (exact) mass is 420 g/mol. The Balaban J connectivity index is 2.28. The van der Waals surface area contributed by atoms with Gasteiger partial charge in [-0.3, -0.25) is 0 Å². The molecule has 0 radical (unpaired) electrons. The normalized spacial score (nSPS) is 35.2. The van der Waals surface area contributed by atoms with Crippen LogP contribution in [0, 0.1) is 22.7 Å². The summed E-state index contributed by atoms with van der Waals surface area (Å²) < 4.78 is 5.89. The van der Waals surface area contributed by atoms with E-state index in [-0.39, 0.29) is 49.1 Å². The minimum Gasteiger partial charge on any atom is -0.458 e. The molecule has 0 bridgehead atoms. The number of esters is 1. The molecule has 2 rings (SSSR count). The third-order valence-electron chi connectivity index (χ3n) is 8.00. The molecule has 0 aromatic carbocycles. The molecule has 2 fully saturated rings. The summed E-state index contributed by atoms with van der Waals surface area (Å²) in [7, 11) is 0. The predicted molar refractivity (Wildman–Crippen MR) is 119 cm³/mol. The van der Waals surface area contributed by atoms with Crippen molar-refractivity contribution >= 4 is 5.97 Å². The van der Waals surface area contributed by atoms with Gasteiger partial charge in [-0.15, -0.1) is 0 Å². The fourth-order valence-electron chi connectivity index (χ4n) is 5.95. The van der Waals surface area contributed by atoms with E-state index in [4.69, 9.17) is 4.74 Å². The van der Waals surface area contributed by atoms with E-state index < -0.39 is 5.41 Å². The van der Waals surface area contributed by atoms with E-state index in [2.05, 4.69) is 20.4 Å². The van der Waals surface area contributed by atoms with Gasteiger partial charge in [0.15, 0.2) is 0 Å². The minimum absolute atomic E-state index is 0.0222. The topological polar surface area (TPSA) is 87.0 Å². The van der Waals surface area contributed by atoms with E-state index in [9.17, 15) is 20.1 Å². The molecule has 2 saturated carbocycles. The highest BCUT2D eigenvalue weighted by Gasteiger charge is 2.58. The number of carbonyl (C=O) groups is 1. The highest BCUT2D eigenvalue weighted by Crippen LogP contribution is 2.62. The van der Waals surface area contributed by atoms with Gasteiger partial charge in [-0.1, -0.05) is 38.2 Å². The standard InChI is InChI=1S/C25H40O5/c1-6-17(2)23(29)30-22-11-13-24(4)20(9-8-19(15-27)12-14-26)18(3)7-10-21(24)25(22,5)16-28/h6,12,20-22,26-28H,3,7-11,13-16H2,1-2,4-5H3. The number of allylic oxidation sites excluding steroid dienone is 2. The molecule has 0 aromatic heterocycles. The van der Waals surface area contributed by atoms with Crippen LogP contribution in [-0.2, 0) is 9.53 Å². The largest absolute Gasteiger partial charge is 0.458 e. The summed E-state index contributed by atoms with van der Waals surface area (Å²) >= 11 is 0. The molecule has 5 nitrogen and oxygen atoms in total. The first-order valence-corrected chi connectivity index (χ1v) is 11.2. The van der Waals surface area contributed by atoms with Crippen molar-refractivity contribution in [1.82, 2.24) is 0 Å². The van der Waals surface area contributed by atoms with Gasteiger partial charge >= 0.3 is 5.97 Å². The molecule has 5 unspecified atom stereocenters. The van der Waals surface area contributed by atoms with Crippen LogP contribution >= 0.6 is 0 Å². The zero-order valence-corrected chi connectivity index (χ0v) is 19.1. The van der Waals surface area contributed by atoms with E-state index in [0.717, 1.165) is 44.1 Å². The van der Waals surface area contributed by atoms with Crippen LogP contribution in [0.2, 0.25) is 0 Å². The van der Waals surface area contributed by atoms with Crippen LogP contribution in [0.4, 0.5) is 0 Å². The number of aliphatic hydroxyl groups excluding tert-OH is 3. The summed E-state index contributed by atoms with van der Waals surface area (Å²) in [5, 5.41) is 29.2. The molecule has 0 heterocycles. The van der Waals surface area contributed by atoms with Gasteiger partial charge in [0.05, 0.1) is 19.8 Å². The van der Waals surface area contributed by atoms with E-state index >= 15 is 0 Å². The van der Waals surface area contributed by atoms with Crippen LogP contribution in [-0.4, -0.2) is 47.2 Å². The van der Waals surface area contributed by atoms with E-state index in [0.29, 0.717) is 5.57 Å². The summed E-state index contributed by atoms with van der Waals surface area (Å²) in [5.41, 5.74) is 2.12. The molecule has 0 amide bonds. The zero-order valence-electron chi connectivity index (χ0n) is 19.1. The van der Waals surface area contributed by atoms with Gasteiger partial charge in [0.25, 0.3) is 0 Å². The molecular formula is C25H40O5. The average Bonchev–Trinajstić information content (AvgIpc) is 2.73. The molecule has 2 aliphatic carbocycles. The van der Waals surface area contributed by atoms with E-state index in [1.165, 1.54) is 5.57 Å². The maximum atomic E-state index is 12.4. The average molecular weight is 421 g/mol. The lowest BCUT2D eigenvalue weighted by molar-refractivity contribution is -0.184. The fraction of sp³-hybridized carbons (Fsp3) is 0.720. The quantitative estimate of drug-likeness (QED) is 0.315. The third kappa shape index (κ3) is 4.74. The predicted octanol–water partition coefficient (Wildman–Crippen LogP) is 3.94. The Bertz CT molecular complexity index is 694. The zero-order chi connectivity index (χ0) is 22.5. The highest BCUT2D eigenvalue weighted by atomic mass is 16.5. The molecule has 170 valence electrons. The number of aliphatic hydroxyl groups is 3. The van der Waals surface area contributed by atoms with Crippen molar-refractivity contribution in [2.45, 2.75) is 72.3 Å². The Hall–Kier alpha value is -1.43. The third-order valence-corrected chi connectivity index (χ3v) is 8.00. The van der Waals surface area contributed by atoms with Crippen molar-refractivity contribution in [1.29, 1.82) is 0 Å². The minimum atomic E-state index is -0.504. The molecule has 5 heteroatoms. The Morgan fingerprint density at radius 3 is 2.53 bits per heavy atom. The number of hydrogen-bond acceptors (Lipinski definition) is 5.